The number of halogens is 1. The van der Waals surface area contributed by atoms with E-state index in [4.69, 9.17) is 4.74 Å². The van der Waals surface area contributed by atoms with Crippen molar-refractivity contribution in [2.24, 2.45) is 0 Å². The summed E-state index contributed by atoms with van der Waals surface area (Å²) in [5.74, 6) is 0.759. The summed E-state index contributed by atoms with van der Waals surface area (Å²) >= 11 is 3.48. The molecule has 0 aliphatic carbocycles. The molecule has 1 atom stereocenters. The Morgan fingerprint density at radius 2 is 2.00 bits per heavy atom. The molecule has 0 aliphatic heterocycles. The largest absolute Gasteiger partial charge is 0.474 e. The second-order valence-corrected chi connectivity index (χ2v) is 6.85. The molecule has 1 aromatic heterocycles. The molecule has 21 heavy (non-hydrogen) atoms. The Morgan fingerprint density at radius 1 is 1.24 bits per heavy atom. The normalized spacial score (nSPS) is 12.7. The molecule has 0 saturated heterocycles. The van der Waals surface area contributed by atoms with Crippen LogP contribution in [0.15, 0.2) is 16.7 Å². The average molecular weight is 357 g/mol. The van der Waals surface area contributed by atoms with Crippen LogP contribution in [0.2, 0.25) is 0 Å². The van der Waals surface area contributed by atoms with E-state index in [9.17, 15) is 0 Å². The van der Waals surface area contributed by atoms with Gasteiger partial charge in [-0.25, -0.2) is 4.98 Å². The summed E-state index contributed by atoms with van der Waals surface area (Å²) < 4.78 is 7.03. The fourth-order valence-electron chi connectivity index (χ4n) is 2.12. The Labute approximate surface area is 138 Å². The second kappa shape index (κ2) is 10.2. The first-order valence-electron chi connectivity index (χ1n) is 8.07. The number of nitrogens with zero attached hydrogens (tertiary/aromatic N) is 1. The average Bonchev–Trinajstić information content (AvgIpc) is 2.44. The van der Waals surface area contributed by atoms with Gasteiger partial charge in [-0.2, -0.15) is 0 Å². The van der Waals surface area contributed by atoms with Gasteiger partial charge in [0.25, 0.3) is 0 Å². The van der Waals surface area contributed by atoms with Crippen molar-refractivity contribution in [3.05, 3.63) is 22.3 Å². The smallest absolute Gasteiger partial charge is 0.218 e. The zero-order valence-corrected chi connectivity index (χ0v) is 15.4. The first-order valence-corrected chi connectivity index (χ1v) is 8.86. The van der Waals surface area contributed by atoms with Gasteiger partial charge in [0.2, 0.25) is 5.88 Å². The minimum Gasteiger partial charge on any atom is -0.474 e. The number of pyridine rings is 1. The quantitative estimate of drug-likeness (QED) is 0.593. The van der Waals surface area contributed by atoms with E-state index in [0.29, 0.717) is 6.04 Å². The highest BCUT2D eigenvalue weighted by atomic mass is 79.9. The highest BCUT2D eigenvalue weighted by Gasteiger charge is 2.11. The molecule has 1 rings (SSSR count). The van der Waals surface area contributed by atoms with Crippen molar-refractivity contribution in [3.63, 3.8) is 0 Å². The molecule has 1 unspecified atom stereocenters. The number of nitrogens with one attached hydrogen (secondary N) is 1. The summed E-state index contributed by atoms with van der Waals surface area (Å²) in [5, 5.41) is 3.42. The molecule has 0 spiro atoms. The molecule has 0 bridgehead atoms. The van der Waals surface area contributed by atoms with Gasteiger partial charge in [0.1, 0.15) is 0 Å². The van der Waals surface area contributed by atoms with Crippen molar-refractivity contribution < 1.29 is 4.74 Å². The van der Waals surface area contributed by atoms with Gasteiger partial charge in [-0.05, 0) is 41.8 Å². The van der Waals surface area contributed by atoms with E-state index in [1.807, 2.05) is 0 Å². The molecule has 0 aromatic carbocycles. The monoisotopic (exact) mass is 356 g/mol. The van der Waals surface area contributed by atoms with Crippen LogP contribution in [0.5, 0.6) is 5.88 Å². The predicted octanol–water partition coefficient (Wildman–Crippen LogP) is 5.08. The van der Waals surface area contributed by atoms with Crippen molar-refractivity contribution in [1.82, 2.24) is 10.3 Å². The fraction of sp³-hybridized carbons (Fsp3) is 0.706. The minimum atomic E-state index is 0.216. The van der Waals surface area contributed by atoms with Crippen molar-refractivity contribution in [2.75, 3.05) is 0 Å². The number of hydrogen-bond donors (Lipinski definition) is 1. The maximum absolute atomic E-state index is 6.04. The molecular formula is C17H29BrN2O. The fourth-order valence-corrected chi connectivity index (χ4v) is 2.50. The number of hydrogen-bond acceptors (Lipinski definition) is 3. The van der Waals surface area contributed by atoms with Gasteiger partial charge in [0.15, 0.2) is 0 Å². The third-order valence-corrected chi connectivity index (χ3v) is 3.80. The van der Waals surface area contributed by atoms with Gasteiger partial charge < -0.3 is 10.1 Å². The second-order valence-electron chi connectivity index (χ2n) is 5.93. The molecule has 3 nitrogen and oxygen atoms in total. The zero-order valence-electron chi connectivity index (χ0n) is 13.8. The molecule has 0 fully saturated rings. The number of aromatic nitrogens is 1. The molecule has 0 saturated carbocycles. The summed E-state index contributed by atoms with van der Waals surface area (Å²) in [6.45, 7) is 9.43. The molecule has 1 N–H and O–H groups in total. The Bertz CT molecular complexity index is 410. The number of unbranched alkanes of at least 4 members (excludes halogenated alkanes) is 3. The number of rotatable bonds is 10. The Kier molecular flexibility index (Phi) is 8.93. The Balaban J connectivity index is 2.55. The van der Waals surface area contributed by atoms with Crippen LogP contribution in [0.3, 0.4) is 0 Å². The van der Waals surface area contributed by atoms with Crippen LogP contribution in [-0.4, -0.2) is 17.1 Å². The molecule has 4 heteroatoms. The summed E-state index contributed by atoms with van der Waals surface area (Å²) in [7, 11) is 0. The van der Waals surface area contributed by atoms with Crippen molar-refractivity contribution in [1.29, 1.82) is 0 Å². The van der Waals surface area contributed by atoms with E-state index in [1.54, 1.807) is 6.20 Å². The van der Waals surface area contributed by atoms with E-state index in [-0.39, 0.29) is 6.10 Å². The standard InChI is InChI=1S/C17H29BrN2O/c1-5-6-7-8-9-14(4)21-17-15(11-19-13(2)3)10-16(18)12-20-17/h10,12-14,19H,5-9,11H2,1-4H3. The molecule has 120 valence electrons. The summed E-state index contributed by atoms with van der Waals surface area (Å²) in [5.41, 5.74) is 1.11. The number of ether oxygens (including phenoxy) is 1. The summed E-state index contributed by atoms with van der Waals surface area (Å²) in [6.07, 6.45) is 8.22. The summed E-state index contributed by atoms with van der Waals surface area (Å²) in [6, 6.07) is 2.53. The van der Waals surface area contributed by atoms with E-state index in [1.165, 1.54) is 25.7 Å². The van der Waals surface area contributed by atoms with E-state index in [0.717, 1.165) is 28.9 Å². The maximum atomic E-state index is 6.04. The topological polar surface area (TPSA) is 34.1 Å². The van der Waals surface area contributed by atoms with Gasteiger partial charge in [-0.15, -0.1) is 0 Å². The molecule has 1 aromatic rings. The minimum absolute atomic E-state index is 0.216. The van der Waals surface area contributed by atoms with Crippen molar-refractivity contribution in [3.8, 4) is 5.88 Å². The van der Waals surface area contributed by atoms with Gasteiger partial charge in [-0.3, -0.25) is 0 Å². The van der Waals surface area contributed by atoms with Gasteiger partial charge in [-0.1, -0.05) is 40.0 Å². The predicted molar refractivity (Wildman–Crippen MR) is 92.8 cm³/mol. The molecular weight excluding hydrogens is 328 g/mol. The molecule has 1 heterocycles. The lowest BCUT2D eigenvalue weighted by atomic mass is 10.1. The third-order valence-electron chi connectivity index (χ3n) is 3.37. The van der Waals surface area contributed by atoms with Crippen LogP contribution in [0.4, 0.5) is 0 Å². The van der Waals surface area contributed by atoms with Crippen LogP contribution in [-0.2, 0) is 6.54 Å². The Hall–Kier alpha value is -0.610. The van der Waals surface area contributed by atoms with E-state index >= 15 is 0 Å². The first-order chi connectivity index (χ1) is 10.0. The molecule has 0 aliphatic rings. The van der Waals surface area contributed by atoms with E-state index in [2.05, 4.69) is 60.0 Å². The highest BCUT2D eigenvalue weighted by molar-refractivity contribution is 9.10. The molecule has 0 radical (unpaired) electrons. The van der Waals surface area contributed by atoms with E-state index < -0.39 is 0 Å². The van der Waals surface area contributed by atoms with Gasteiger partial charge in [0.05, 0.1) is 6.10 Å². The lowest BCUT2D eigenvalue weighted by molar-refractivity contribution is 0.195. The highest BCUT2D eigenvalue weighted by Crippen LogP contribution is 2.22. The van der Waals surface area contributed by atoms with Gasteiger partial charge in [0, 0.05) is 28.8 Å². The van der Waals surface area contributed by atoms with Crippen molar-refractivity contribution >= 4 is 15.9 Å². The van der Waals surface area contributed by atoms with Crippen LogP contribution in [0.25, 0.3) is 0 Å². The van der Waals surface area contributed by atoms with Crippen LogP contribution in [0.1, 0.15) is 65.4 Å². The molecule has 0 amide bonds. The zero-order chi connectivity index (χ0) is 15.7. The van der Waals surface area contributed by atoms with Crippen LogP contribution < -0.4 is 10.1 Å². The van der Waals surface area contributed by atoms with Crippen molar-refractivity contribution in [2.45, 2.75) is 78.5 Å². The first kappa shape index (κ1) is 18.4. The summed E-state index contributed by atoms with van der Waals surface area (Å²) in [4.78, 5) is 4.43. The SMILES string of the molecule is CCCCCCC(C)Oc1ncc(Br)cc1CNC(C)C. The lowest BCUT2D eigenvalue weighted by Gasteiger charge is -2.17. The van der Waals surface area contributed by atoms with Crippen LogP contribution in [0, 0.1) is 0 Å². The third kappa shape index (κ3) is 7.82. The van der Waals surface area contributed by atoms with Crippen LogP contribution >= 0.6 is 15.9 Å². The Morgan fingerprint density at radius 3 is 2.67 bits per heavy atom. The lowest BCUT2D eigenvalue weighted by Crippen LogP contribution is -2.23. The maximum Gasteiger partial charge on any atom is 0.218 e. The van der Waals surface area contributed by atoms with Gasteiger partial charge >= 0.3 is 0 Å².